The Morgan fingerprint density at radius 3 is 1.76 bits per heavy atom. The van der Waals surface area contributed by atoms with E-state index in [0.29, 0.717) is 0 Å². The summed E-state index contributed by atoms with van der Waals surface area (Å²) in [5.74, 6) is -3.41. The summed E-state index contributed by atoms with van der Waals surface area (Å²) in [7, 11) is -3.86. The maximum Gasteiger partial charge on any atom is 0.303 e. The predicted octanol–water partition coefficient (Wildman–Crippen LogP) is -0.991. The molecule has 1 aliphatic heterocycles. The summed E-state index contributed by atoms with van der Waals surface area (Å²) in [6.45, 7) is 5.27. The fourth-order valence-electron chi connectivity index (χ4n) is 2.58. The van der Waals surface area contributed by atoms with Gasteiger partial charge in [0.2, 0.25) is 10.0 Å². The zero-order chi connectivity index (χ0) is 22.4. The summed E-state index contributed by atoms with van der Waals surface area (Å²) >= 11 is 0. The molecule has 13 heteroatoms. The summed E-state index contributed by atoms with van der Waals surface area (Å²) < 4.78 is 52.3. The van der Waals surface area contributed by atoms with Gasteiger partial charge in [-0.05, 0) is 6.92 Å². The molecule has 1 saturated heterocycles. The summed E-state index contributed by atoms with van der Waals surface area (Å²) in [6, 6.07) is 0. The van der Waals surface area contributed by atoms with Gasteiger partial charge in [-0.1, -0.05) is 0 Å². The summed E-state index contributed by atoms with van der Waals surface area (Å²) in [4.78, 5) is 46.0. The number of esters is 4. The molecule has 0 amide bonds. The van der Waals surface area contributed by atoms with Crippen LogP contribution in [0.2, 0.25) is 0 Å². The highest BCUT2D eigenvalue weighted by atomic mass is 32.2. The Morgan fingerprint density at radius 2 is 1.31 bits per heavy atom. The molecule has 1 rings (SSSR count). The van der Waals surface area contributed by atoms with Crippen molar-refractivity contribution in [2.45, 2.75) is 65.3 Å². The normalized spacial score (nSPS) is 26.9. The van der Waals surface area contributed by atoms with Gasteiger partial charge < -0.3 is 23.7 Å². The summed E-state index contributed by atoms with van der Waals surface area (Å²) in [5.41, 5.74) is 0. The molecule has 0 bridgehead atoms. The van der Waals surface area contributed by atoms with E-state index in [4.69, 9.17) is 23.7 Å². The second kappa shape index (κ2) is 10.5. The van der Waals surface area contributed by atoms with Gasteiger partial charge >= 0.3 is 23.9 Å². The molecule has 0 spiro atoms. The Bertz CT molecular complexity index is 735. The first-order valence-corrected chi connectivity index (χ1v) is 10.3. The lowest BCUT2D eigenvalue weighted by atomic mass is 9.97. The molecule has 12 nitrogen and oxygen atoms in total. The van der Waals surface area contributed by atoms with Gasteiger partial charge in [-0.3, -0.25) is 19.2 Å². The largest absolute Gasteiger partial charge is 0.463 e. The van der Waals surface area contributed by atoms with Gasteiger partial charge in [0.25, 0.3) is 0 Å². The molecule has 5 atom stereocenters. The molecule has 29 heavy (non-hydrogen) atoms. The second-order valence-corrected chi connectivity index (χ2v) is 8.18. The highest BCUT2D eigenvalue weighted by molar-refractivity contribution is 7.89. The molecule has 0 aliphatic carbocycles. The van der Waals surface area contributed by atoms with Gasteiger partial charge in [-0.2, -0.15) is 4.72 Å². The standard InChI is InChI=1S/C16H25NO11S/c1-6-29(22,23)17-16-15(27-11(5)21)14(26-10(4)20)13(25-9(3)19)12(28-16)7-24-8(2)18/h12-17H,6-7H2,1-5H3/t12?,13-,14?,15?,16+/m0/s1. The fraction of sp³-hybridized carbons (Fsp3) is 0.750. The van der Waals surface area contributed by atoms with Crippen molar-refractivity contribution in [3.8, 4) is 0 Å². The fourth-order valence-corrected chi connectivity index (χ4v) is 3.29. The van der Waals surface area contributed by atoms with E-state index in [0.717, 1.165) is 27.7 Å². The van der Waals surface area contributed by atoms with Crippen LogP contribution < -0.4 is 4.72 Å². The molecular weight excluding hydrogens is 414 g/mol. The maximum absolute atomic E-state index is 12.0. The smallest absolute Gasteiger partial charge is 0.303 e. The SMILES string of the molecule is CCS(=O)(=O)N[C@@H]1OC(COC(C)=O)[C@H](OC(C)=O)C(OC(C)=O)C1OC(C)=O. The van der Waals surface area contributed by atoms with Gasteiger partial charge in [-0.15, -0.1) is 0 Å². The first-order valence-electron chi connectivity index (χ1n) is 8.66. The highest BCUT2D eigenvalue weighted by Gasteiger charge is 2.52. The van der Waals surface area contributed by atoms with Crippen LogP contribution in [0.1, 0.15) is 34.6 Å². The number of hydrogen-bond acceptors (Lipinski definition) is 11. The van der Waals surface area contributed by atoms with E-state index >= 15 is 0 Å². The number of rotatable bonds is 8. The molecule has 1 aliphatic rings. The quantitative estimate of drug-likeness (QED) is 0.365. The number of nitrogens with one attached hydrogen (secondary N) is 1. The van der Waals surface area contributed by atoms with Crippen LogP contribution in [0.5, 0.6) is 0 Å². The maximum atomic E-state index is 12.0. The lowest BCUT2D eigenvalue weighted by Crippen LogP contribution is -2.66. The molecule has 0 aromatic carbocycles. The zero-order valence-corrected chi connectivity index (χ0v) is 17.5. The molecule has 0 aromatic heterocycles. The van der Waals surface area contributed by atoms with Crippen molar-refractivity contribution >= 4 is 33.9 Å². The van der Waals surface area contributed by atoms with Crippen LogP contribution in [0.15, 0.2) is 0 Å². The monoisotopic (exact) mass is 439 g/mol. The predicted molar refractivity (Wildman–Crippen MR) is 94.6 cm³/mol. The van der Waals surface area contributed by atoms with Gasteiger partial charge in [-0.25, -0.2) is 8.42 Å². The minimum atomic E-state index is -3.86. The van der Waals surface area contributed by atoms with E-state index < -0.39 is 71.2 Å². The van der Waals surface area contributed by atoms with Gasteiger partial charge in [0.15, 0.2) is 24.5 Å². The second-order valence-electron chi connectivity index (χ2n) is 6.14. The Labute approximate surface area is 168 Å². The molecular formula is C16H25NO11S. The van der Waals surface area contributed by atoms with E-state index in [9.17, 15) is 27.6 Å². The van der Waals surface area contributed by atoms with Crippen LogP contribution in [0.25, 0.3) is 0 Å². The van der Waals surface area contributed by atoms with E-state index in [2.05, 4.69) is 4.72 Å². The minimum absolute atomic E-state index is 0.320. The van der Waals surface area contributed by atoms with Crippen molar-refractivity contribution in [3.63, 3.8) is 0 Å². The third-order valence-electron chi connectivity index (χ3n) is 3.67. The van der Waals surface area contributed by atoms with Gasteiger partial charge in [0, 0.05) is 27.7 Å². The number of hydrogen-bond donors (Lipinski definition) is 1. The Hall–Kier alpha value is -2.25. The highest BCUT2D eigenvalue weighted by Crippen LogP contribution is 2.28. The van der Waals surface area contributed by atoms with Gasteiger partial charge in [0.05, 0.1) is 5.75 Å². The van der Waals surface area contributed by atoms with Crippen molar-refractivity contribution in [3.05, 3.63) is 0 Å². The Kier molecular flexibility index (Phi) is 8.98. The van der Waals surface area contributed by atoms with Crippen LogP contribution in [-0.4, -0.2) is 75.3 Å². The first-order chi connectivity index (χ1) is 13.4. The van der Waals surface area contributed by atoms with Crippen molar-refractivity contribution in [2.75, 3.05) is 12.4 Å². The molecule has 3 unspecified atom stereocenters. The third-order valence-corrected chi connectivity index (χ3v) is 5.02. The van der Waals surface area contributed by atoms with E-state index in [1.807, 2.05) is 0 Å². The van der Waals surface area contributed by atoms with E-state index in [1.54, 1.807) is 0 Å². The Balaban J connectivity index is 3.39. The average molecular weight is 439 g/mol. The summed E-state index contributed by atoms with van der Waals surface area (Å²) in [5, 5.41) is 0. The molecule has 1 heterocycles. The van der Waals surface area contributed by atoms with E-state index in [-0.39, 0.29) is 5.75 Å². The molecule has 0 saturated carbocycles. The topological polar surface area (TPSA) is 161 Å². The molecule has 1 N–H and O–H groups in total. The van der Waals surface area contributed by atoms with Crippen molar-refractivity contribution in [1.82, 2.24) is 4.72 Å². The molecule has 1 fully saturated rings. The van der Waals surface area contributed by atoms with Gasteiger partial charge in [0.1, 0.15) is 12.7 Å². The van der Waals surface area contributed by atoms with Crippen LogP contribution >= 0.6 is 0 Å². The minimum Gasteiger partial charge on any atom is -0.463 e. The van der Waals surface area contributed by atoms with Crippen LogP contribution in [0, 0.1) is 0 Å². The lowest BCUT2D eigenvalue weighted by Gasteiger charge is -2.44. The van der Waals surface area contributed by atoms with Crippen molar-refractivity contribution in [2.24, 2.45) is 0 Å². The Morgan fingerprint density at radius 1 is 0.828 bits per heavy atom. The number of carbonyl (C=O) groups excluding carboxylic acids is 4. The van der Waals surface area contributed by atoms with Crippen molar-refractivity contribution < 1.29 is 51.3 Å². The first kappa shape index (κ1) is 24.8. The molecule has 0 radical (unpaired) electrons. The molecule has 166 valence electrons. The van der Waals surface area contributed by atoms with Crippen LogP contribution in [0.4, 0.5) is 0 Å². The number of ether oxygens (including phenoxy) is 5. The molecule has 0 aromatic rings. The van der Waals surface area contributed by atoms with Crippen LogP contribution in [-0.2, 0) is 52.9 Å². The number of carbonyl (C=O) groups is 4. The van der Waals surface area contributed by atoms with E-state index in [1.165, 1.54) is 6.92 Å². The number of sulfonamides is 1. The van der Waals surface area contributed by atoms with Crippen LogP contribution in [0.3, 0.4) is 0 Å². The van der Waals surface area contributed by atoms with Crippen molar-refractivity contribution in [1.29, 1.82) is 0 Å². The third kappa shape index (κ3) is 7.95. The average Bonchev–Trinajstić information content (AvgIpc) is 2.57. The zero-order valence-electron chi connectivity index (χ0n) is 16.7. The summed E-state index contributed by atoms with van der Waals surface area (Å²) in [6.07, 6.45) is -6.97. The lowest BCUT2D eigenvalue weighted by molar-refractivity contribution is -0.254.